The minimum absolute atomic E-state index is 0.123. The van der Waals surface area contributed by atoms with Crippen molar-refractivity contribution >= 4 is 24.0 Å². The number of hydrogen-bond acceptors (Lipinski definition) is 7. The second kappa shape index (κ2) is 10.5. The molecule has 144 valence electrons. The number of esters is 1. The van der Waals surface area contributed by atoms with Crippen molar-refractivity contribution in [3.63, 3.8) is 0 Å². The van der Waals surface area contributed by atoms with Gasteiger partial charge in [-0.2, -0.15) is 5.26 Å². The van der Waals surface area contributed by atoms with E-state index in [1.807, 2.05) is 11.4 Å². The SMILES string of the molecule is COc1cc(/C=C/C(=O)OC(C(=O)NC(N)=O)C(C)C)ccc1OCC#N. The van der Waals surface area contributed by atoms with Crippen molar-refractivity contribution in [3.8, 4) is 17.6 Å². The number of amides is 3. The van der Waals surface area contributed by atoms with Gasteiger partial charge < -0.3 is 19.9 Å². The number of carbonyl (C=O) groups excluding carboxylic acids is 3. The molecule has 0 heterocycles. The molecule has 27 heavy (non-hydrogen) atoms. The molecule has 3 amide bonds. The molecule has 0 bridgehead atoms. The van der Waals surface area contributed by atoms with Crippen LogP contribution in [-0.2, 0) is 14.3 Å². The lowest BCUT2D eigenvalue weighted by Crippen LogP contribution is -2.45. The van der Waals surface area contributed by atoms with E-state index < -0.39 is 24.0 Å². The van der Waals surface area contributed by atoms with E-state index in [0.29, 0.717) is 17.1 Å². The third-order valence-electron chi connectivity index (χ3n) is 3.25. The van der Waals surface area contributed by atoms with Gasteiger partial charge in [0, 0.05) is 6.08 Å². The van der Waals surface area contributed by atoms with Crippen LogP contribution in [0.15, 0.2) is 24.3 Å². The number of ether oxygens (including phenoxy) is 3. The van der Waals surface area contributed by atoms with Gasteiger partial charge in [0.15, 0.2) is 24.2 Å². The van der Waals surface area contributed by atoms with Crippen LogP contribution in [0, 0.1) is 17.2 Å². The Balaban J connectivity index is 2.83. The van der Waals surface area contributed by atoms with E-state index in [4.69, 9.17) is 25.2 Å². The summed E-state index contributed by atoms with van der Waals surface area (Å²) in [7, 11) is 1.45. The van der Waals surface area contributed by atoms with E-state index in [1.165, 1.54) is 13.2 Å². The van der Waals surface area contributed by atoms with E-state index in [1.54, 1.807) is 32.0 Å². The fourth-order valence-corrected chi connectivity index (χ4v) is 2.03. The first kappa shape index (κ1) is 21.5. The lowest BCUT2D eigenvalue weighted by molar-refractivity contribution is -0.153. The Bertz CT molecular complexity index is 767. The highest BCUT2D eigenvalue weighted by molar-refractivity contribution is 5.97. The minimum atomic E-state index is -1.16. The number of methoxy groups -OCH3 is 1. The van der Waals surface area contributed by atoms with Crippen LogP contribution in [0.1, 0.15) is 19.4 Å². The summed E-state index contributed by atoms with van der Waals surface area (Å²) < 4.78 is 15.5. The number of nitrogens with zero attached hydrogens (tertiary/aromatic N) is 1. The third-order valence-corrected chi connectivity index (χ3v) is 3.25. The Morgan fingerprint density at radius 1 is 1.30 bits per heavy atom. The Morgan fingerprint density at radius 2 is 2.00 bits per heavy atom. The fraction of sp³-hybridized carbons (Fsp3) is 0.333. The van der Waals surface area contributed by atoms with Crippen LogP contribution in [0.5, 0.6) is 11.5 Å². The first-order chi connectivity index (χ1) is 12.8. The molecule has 1 aromatic carbocycles. The summed E-state index contributed by atoms with van der Waals surface area (Å²) in [4.78, 5) is 34.6. The van der Waals surface area contributed by atoms with Crippen molar-refractivity contribution < 1.29 is 28.6 Å². The van der Waals surface area contributed by atoms with Crippen molar-refractivity contribution in [2.75, 3.05) is 13.7 Å². The maximum Gasteiger partial charge on any atom is 0.331 e. The van der Waals surface area contributed by atoms with E-state index in [0.717, 1.165) is 6.08 Å². The lowest BCUT2D eigenvalue weighted by atomic mass is 10.1. The van der Waals surface area contributed by atoms with Gasteiger partial charge in [-0.15, -0.1) is 0 Å². The second-order valence-corrected chi connectivity index (χ2v) is 5.65. The number of nitrogens with one attached hydrogen (secondary N) is 1. The van der Waals surface area contributed by atoms with Crippen molar-refractivity contribution in [1.82, 2.24) is 5.32 Å². The molecule has 0 aliphatic heterocycles. The summed E-state index contributed by atoms with van der Waals surface area (Å²) in [5.41, 5.74) is 5.51. The number of primary amides is 1. The second-order valence-electron chi connectivity index (χ2n) is 5.65. The number of nitrogens with two attached hydrogens (primary N) is 1. The van der Waals surface area contributed by atoms with Crippen LogP contribution in [0.3, 0.4) is 0 Å². The highest BCUT2D eigenvalue weighted by atomic mass is 16.5. The molecule has 0 saturated heterocycles. The summed E-state index contributed by atoms with van der Waals surface area (Å²) in [6.45, 7) is 3.20. The van der Waals surface area contributed by atoms with Crippen LogP contribution in [0.2, 0.25) is 0 Å². The zero-order valence-corrected chi connectivity index (χ0v) is 15.2. The zero-order valence-electron chi connectivity index (χ0n) is 15.2. The zero-order chi connectivity index (χ0) is 20.4. The molecular formula is C18H21N3O6. The van der Waals surface area contributed by atoms with Gasteiger partial charge >= 0.3 is 12.0 Å². The van der Waals surface area contributed by atoms with Crippen LogP contribution in [0.4, 0.5) is 4.79 Å². The third kappa shape index (κ3) is 7.07. The number of imide groups is 1. The Kier molecular flexibility index (Phi) is 8.32. The molecule has 0 fully saturated rings. The molecule has 0 aromatic heterocycles. The highest BCUT2D eigenvalue weighted by Crippen LogP contribution is 2.28. The molecule has 0 aliphatic carbocycles. The predicted octanol–water partition coefficient (Wildman–Crippen LogP) is 1.37. The summed E-state index contributed by atoms with van der Waals surface area (Å²) >= 11 is 0. The fourth-order valence-electron chi connectivity index (χ4n) is 2.03. The van der Waals surface area contributed by atoms with Crippen molar-refractivity contribution in [3.05, 3.63) is 29.8 Å². The average Bonchev–Trinajstić information content (AvgIpc) is 2.61. The van der Waals surface area contributed by atoms with Gasteiger partial charge in [-0.3, -0.25) is 10.1 Å². The van der Waals surface area contributed by atoms with Gasteiger partial charge in [0.05, 0.1) is 7.11 Å². The molecule has 1 unspecified atom stereocenters. The highest BCUT2D eigenvalue weighted by Gasteiger charge is 2.26. The maximum atomic E-state index is 12.0. The van der Waals surface area contributed by atoms with Gasteiger partial charge in [-0.25, -0.2) is 9.59 Å². The van der Waals surface area contributed by atoms with Crippen molar-refractivity contribution in [1.29, 1.82) is 5.26 Å². The molecule has 0 radical (unpaired) electrons. The van der Waals surface area contributed by atoms with Gasteiger partial charge in [-0.05, 0) is 29.7 Å². The molecule has 9 heteroatoms. The van der Waals surface area contributed by atoms with Gasteiger partial charge in [0.2, 0.25) is 0 Å². The number of hydrogen-bond donors (Lipinski definition) is 2. The molecule has 0 saturated carbocycles. The normalized spacial score (nSPS) is 11.5. The number of carbonyl (C=O) groups is 3. The molecule has 1 aromatic rings. The van der Waals surface area contributed by atoms with Crippen LogP contribution < -0.4 is 20.5 Å². The number of benzene rings is 1. The summed E-state index contributed by atoms with van der Waals surface area (Å²) in [5.74, 6) is -1.14. The van der Waals surface area contributed by atoms with E-state index in [2.05, 4.69) is 0 Å². The van der Waals surface area contributed by atoms with Crippen LogP contribution in [-0.4, -0.2) is 37.7 Å². The van der Waals surface area contributed by atoms with E-state index in [-0.39, 0.29) is 12.5 Å². The number of nitriles is 1. The van der Waals surface area contributed by atoms with Gasteiger partial charge in [-0.1, -0.05) is 19.9 Å². The minimum Gasteiger partial charge on any atom is -0.493 e. The summed E-state index contributed by atoms with van der Waals surface area (Å²) in [6.07, 6.45) is 1.44. The van der Waals surface area contributed by atoms with Crippen molar-refractivity contribution in [2.24, 2.45) is 11.7 Å². The van der Waals surface area contributed by atoms with Crippen molar-refractivity contribution in [2.45, 2.75) is 20.0 Å². The molecular weight excluding hydrogens is 354 g/mol. The summed E-state index contributed by atoms with van der Waals surface area (Å²) in [5, 5.41) is 10.4. The van der Waals surface area contributed by atoms with E-state index in [9.17, 15) is 14.4 Å². The van der Waals surface area contributed by atoms with Gasteiger partial charge in [0.25, 0.3) is 5.91 Å². The quantitative estimate of drug-likeness (QED) is 0.516. The number of urea groups is 1. The standard InChI is InChI=1S/C18H21N3O6/c1-11(2)16(17(23)21-18(20)24)27-15(22)7-5-12-4-6-13(26-9-8-19)14(10-12)25-3/h4-7,10-11,16H,9H2,1-3H3,(H3,20,21,23,24)/b7-5+. The Hall–Kier alpha value is -3.54. The van der Waals surface area contributed by atoms with E-state index >= 15 is 0 Å². The molecule has 3 N–H and O–H groups in total. The first-order valence-electron chi connectivity index (χ1n) is 7.95. The smallest absolute Gasteiger partial charge is 0.331 e. The van der Waals surface area contributed by atoms with Crippen LogP contribution >= 0.6 is 0 Å². The molecule has 1 atom stereocenters. The largest absolute Gasteiger partial charge is 0.493 e. The molecule has 9 nitrogen and oxygen atoms in total. The van der Waals surface area contributed by atoms with Crippen LogP contribution in [0.25, 0.3) is 6.08 Å². The monoisotopic (exact) mass is 375 g/mol. The molecule has 0 aliphatic rings. The Morgan fingerprint density at radius 3 is 2.56 bits per heavy atom. The first-order valence-corrected chi connectivity index (χ1v) is 7.95. The average molecular weight is 375 g/mol. The summed E-state index contributed by atoms with van der Waals surface area (Å²) in [6, 6.07) is 5.69. The topological polar surface area (TPSA) is 141 Å². The lowest BCUT2D eigenvalue weighted by Gasteiger charge is -2.18. The molecule has 0 spiro atoms. The molecule has 1 rings (SSSR count). The predicted molar refractivity (Wildman–Crippen MR) is 95.6 cm³/mol. The number of rotatable bonds is 8. The van der Waals surface area contributed by atoms with Gasteiger partial charge in [0.1, 0.15) is 6.07 Å². The Labute approximate surface area is 156 Å². The maximum absolute atomic E-state index is 12.0.